The smallest absolute Gasteiger partial charge is 0.314 e. The molecule has 0 heterocycles. The van der Waals surface area contributed by atoms with E-state index in [1.807, 2.05) is 26.0 Å². The first kappa shape index (κ1) is 18.3. The SMILES string of the molecule is CC(O)CC(C)(C)CNC(=O)NCCCc1ccc(O)cc1. The molecule has 0 aliphatic heterocycles. The van der Waals surface area contributed by atoms with Gasteiger partial charge in [0.2, 0.25) is 0 Å². The summed E-state index contributed by atoms with van der Waals surface area (Å²) in [5.74, 6) is 0.265. The highest BCUT2D eigenvalue weighted by molar-refractivity contribution is 5.73. The largest absolute Gasteiger partial charge is 0.508 e. The molecule has 2 amide bonds. The van der Waals surface area contributed by atoms with Crippen LogP contribution in [0.25, 0.3) is 0 Å². The van der Waals surface area contributed by atoms with Gasteiger partial charge in [-0.1, -0.05) is 26.0 Å². The van der Waals surface area contributed by atoms with Crippen LogP contribution in [0.5, 0.6) is 5.75 Å². The molecule has 1 unspecified atom stereocenters. The topological polar surface area (TPSA) is 81.6 Å². The van der Waals surface area contributed by atoms with Gasteiger partial charge in [-0.25, -0.2) is 4.79 Å². The number of benzene rings is 1. The Labute approximate surface area is 132 Å². The van der Waals surface area contributed by atoms with Crippen LogP contribution in [0.1, 0.15) is 39.2 Å². The van der Waals surface area contributed by atoms with Gasteiger partial charge in [0.1, 0.15) is 5.75 Å². The summed E-state index contributed by atoms with van der Waals surface area (Å²) >= 11 is 0. The Kier molecular flexibility index (Phi) is 7.18. The minimum absolute atomic E-state index is 0.127. The van der Waals surface area contributed by atoms with Gasteiger partial charge in [0.25, 0.3) is 0 Å². The van der Waals surface area contributed by atoms with E-state index in [0.29, 0.717) is 19.5 Å². The number of carbonyl (C=O) groups excluding carboxylic acids is 1. The molecular formula is C17H28N2O3. The Morgan fingerprint density at radius 1 is 1.23 bits per heavy atom. The number of hydrogen-bond donors (Lipinski definition) is 4. The third kappa shape index (κ3) is 7.88. The van der Waals surface area contributed by atoms with Crippen LogP contribution in [0, 0.1) is 5.41 Å². The second-order valence-electron chi connectivity index (χ2n) is 6.60. The number of aliphatic hydroxyl groups is 1. The molecule has 0 aliphatic rings. The van der Waals surface area contributed by atoms with Crippen molar-refractivity contribution in [3.8, 4) is 5.75 Å². The van der Waals surface area contributed by atoms with E-state index in [1.165, 1.54) is 0 Å². The summed E-state index contributed by atoms with van der Waals surface area (Å²) in [6, 6.07) is 6.92. The number of aromatic hydroxyl groups is 1. The summed E-state index contributed by atoms with van der Waals surface area (Å²) in [6.07, 6.45) is 1.97. The number of aryl methyl sites for hydroxylation is 1. The van der Waals surface area contributed by atoms with Crippen molar-refractivity contribution in [1.29, 1.82) is 0 Å². The van der Waals surface area contributed by atoms with Crippen LogP contribution in [-0.2, 0) is 6.42 Å². The van der Waals surface area contributed by atoms with Gasteiger partial charge < -0.3 is 20.8 Å². The van der Waals surface area contributed by atoms with Crippen LogP contribution in [0.4, 0.5) is 4.79 Å². The Balaban J connectivity index is 2.17. The lowest BCUT2D eigenvalue weighted by molar-refractivity contribution is 0.129. The van der Waals surface area contributed by atoms with E-state index in [0.717, 1.165) is 18.4 Å². The van der Waals surface area contributed by atoms with Gasteiger partial charge in [0.15, 0.2) is 0 Å². The third-order valence-electron chi connectivity index (χ3n) is 3.44. The highest BCUT2D eigenvalue weighted by atomic mass is 16.3. The number of rotatable bonds is 8. The number of carbonyl (C=O) groups is 1. The van der Waals surface area contributed by atoms with Crippen molar-refractivity contribution >= 4 is 6.03 Å². The maximum Gasteiger partial charge on any atom is 0.314 e. The van der Waals surface area contributed by atoms with Gasteiger partial charge in [0, 0.05) is 13.1 Å². The maximum absolute atomic E-state index is 11.7. The lowest BCUT2D eigenvalue weighted by atomic mass is 9.87. The van der Waals surface area contributed by atoms with E-state index in [2.05, 4.69) is 10.6 Å². The molecule has 0 spiro atoms. The molecule has 1 rings (SSSR count). The van der Waals surface area contributed by atoms with Crippen molar-refractivity contribution < 1.29 is 15.0 Å². The van der Waals surface area contributed by atoms with Gasteiger partial charge in [0.05, 0.1) is 6.10 Å². The zero-order chi connectivity index (χ0) is 16.6. The second kappa shape index (κ2) is 8.63. The minimum Gasteiger partial charge on any atom is -0.508 e. The van der Waals surface area contributed by atoms with Crippen molar-refractivity contribution in [2.45, 2.75) is 46.1 Å². The molecule has 0 bridgehead atoms. The second-order valence-corrected chi connectivity index (χ2v) is 6.60. The fourth-order valence-corrected chi connectivity index (χ4v) is 2.41. The molecule has 0 aliphatic carbocycles. The average Bonchev–Trinajstić information content (AvgIpc) is 2.42. The molecule has 1 aromatic carbocycles. The summed E-state index contributed by atoms with van der Waals surface area (Å²) < 4.78 is 0. The van der Waals surface area contributed by atoms with Crippen LogP contribution >= 0.6 is 0 Å². The van der Waals surface area contributed by atoms with Crippen LogP contribution < -0.4 is 10.6 Å². The number of urea groups is 1. The molecule has 0 saturated heterocycles. The molecule has 4 N–H and O–H groups in total. The Hall–Kier alpha value is -1.75. The first-order valence-electron chi connectivity index (χ1n) is 7.76. The fourth-order valence-electron chi connectivity index (χ4n) is 2.41. The fraction of sp³-hybridized carbons (Fsp3) is 0.588. The average molecular weight is 308 g/mol. The monoisotopic (exact) mass is 308 g/mol. The van der Waals surface area contributed by atoms with Crippen molar-refractivity contribution in [3.63, 3.8) is 0 Å². The molecule has 5 nitrogen and oxygen atoms in total. The predicted octanol–water partition coefficient (Wildman–Crippen LogP) is 2.42. The standard InChI is InChI=1S/C17H28N2O3/c1-13(20)11-17(2,3)12-19-16(22)18-10-4-5-14-6-8-15(21)9-7-14/h6-9,13,20-21H,4-5,10-12H2,1-3H3,(H2,18,19,22). The lowest BCUT2D eigenvalue weighted by Crippen LogP contribution is -2.41. The van der Waals surface area contributed by atoms with Gasteiger partial charge in [-0.15, -0.1) is 0 Å². The first-order chi connectivity index (χ1) is 10.3. The van der Waals surface area contributed by atoms with Crippen molar-refractivity contribution in [3.05, 3.63) is 29.8 Å². The van der Waals surface area contributed by atoms with Crippen molar-refractivity contribution in [2.24, 2.45) is 5.41 Å². The molecular weight excluding hydrogens is 280 g/mol. The van der Waals surface area contributed by atoms with E-state index in [1.54, 1.807) is 19.1 Å². The van der Waals surface area contributed by atoms with Crippen LogP contribution in [0.3, 0.4) is 0 Å². The Morgan fingerprint density at radius 2 is 1.86 bits per heavy atom. The van der Waals surface area contributed by atoms with Crippen LogP contribution in [0.15, 0.2) is 24.3 Å². The first-order valence-corrected chi connectivity index (χ1v) is 7.76. The third-order valence-corrected chi connectivity index (χ3v) is 3.44. The molecule has 5 heteroatoms. The number of aliphatic hydroxyl groups excluding tert-OH is 1. The van der Waals surface area contributed by atoms with Crippen molar-refractivity contribution in [1.82, 2.24) is 10.6 Å². The predicted molar refractivity (Wildman–Crippen MR) is 87.9 cm³/mol. The molecule has 1 atom stereocenters. The Bertz CT molecular complexity index is 455. The lowest BCUT2D eigenvalue weighted by Gasteiger charge is -2.26. The summed E-state index contributed by atoms with van der Waals surface area (Å²) in [6.45, 7) is 6.92. The zero-order valence-electron chi connectivity index (χ0n) is 13.7. The number of hydrogen-bond acceptors (Lipinski definition) is 3. The number of phenolic OH excluding ortho intramolecular Hbond substituents is 1. The Morgan fingerprint density at radius 3 is 2.45 bits per heavy atom. The van der Waals surface area contributed by atoms with E-state index < -0.39 is 0 Å². The summed E-state index contributed by atoms with van der Waals surface area (Å²) in [4.78, 5) is 11.7. The van der Waals surface area contributed by atoms with E-state index in [4.69, 9.17) is 0 Å². The number of nitrogens with one attached hydrogen (secondary N) is 2. The molecule has 0 fully saturated rings. The summed E-state index contributed by atoms with van der Waals surface area (Å²) in [5.41, 5.74) is 1.01. The van der Waals surface area contributed by atoms with Gasteiger partial charge in [-0.05, 0) is 49.3 Å². The summed E-state index contributed by atoms with van der Waals surface area (Å²) in [7, 11) is 0. The number of amides is 2. The molecule has 124 valence electrons. The van der Waals surface area contributed by atoms with Crippen molar-refractivity contribution in [2.75, 3.05) is 13.1 Å². The summed E-state index contributed by atoms with van der Waals surface area (Å²) in [5, 5.41) is 24.3. The van der Waals surface area contributed by atoms with Gasteiger partial charge in [-0.3, -0.25) is 0 Å². The van der Waals surface area contributed by atoms with E-state index in [-0.39, 0.29) is 23.3 Å². The molecule has 0 radical (unpaired) electrons. The number of phenols is 1. The maximum atomic E-state index is 11.7. The highest BCUT2D eigenvalue weighted by Crippen LogP contribution is 2.20. The van der Waals surface area contributed by atoms with Gasteiger partial charge >= 0.3 is 6.03 Å². The van der Waals surface area contributed by atoms with Crippen LogP contribution in [-0.4, -0.2) is 35.4 Å². The molecule has 1 aromatic rings. The van der Waals surface area contributed by atoms with E-state index in [9.17, 15) is 15.0 Å². The normalized spacial score (nSPS) is 12.7. The van der Waals surface area contributed by atoms with Crippen LogP contribution in [0.2, 0.25) is 0 Å². The highest BCUT2D eigenvalue weighted by Gasteiger charge is 2.20. The molecule has 0 aromatic heterocycles. The quantitative estimate of drug-likeness (QED) is 0.557. The molecule has 22 heavy (non-hydrogen) atoms. The van der Waals surface area contributed by atoms with E-state index >= 15 is 0 Å². The van der Waals surface area contributed by atoms with Gasteiger partial charge in [-0.2, -0.15) is 0 Å². The zero-order valence-corrected chi connectivity index (χ0v) is 13.7. The minimum atomic E-state index is -0.370. The molecule has 0 saturated carbocycles.